The molecule has 0 saturated heterocycles. The van der Waals surface area contributed by atoms with E-state index in [4.69, 9.17) is 14.9 Å². The molecule has 2 N–H and O–H groups in total. The topological polar surface area (TPSA) is 83.8 Å². The van der Waals surface area contributed by atoms with Gasteiger partial charge in [0, 0.05) is 13.2 Å². The normalized spacial score (nSPS) is 10.4. The van der Waals surface area contributed by atoms with Crippen LogP contribution >= 0.6 is 0 Å². The SMILES string of the molecule is CCCCOCCC(C(=O)O)C(=O)O. The fourth-order valence-corrected chi connectivity index (χ4v) is 0.902. The van der Waals surface area contributed by atoms with Gasteiger partial charge in [0.1, 0.15) is 0 Å². The predicted molar refractivity (Wildman–Crippen MR) is 49.1 cm³/mol. The smallest absolute Gasteiger partial charge is 0.317 e. The van der Waals surface area contributed by atoms with Crippen LogP contribution in [-0.2, 0) is 14.3 Å². The monoisotopic (exact) mass is 204 g/mol. The molecule has 0 heterocycles. The maximum absolute atomic E-state index is 10.4. The number of hydrogen-bond donors (Lipinski definition) is 2. The van der Waals surface area contributed by atoms with E-state index in [1.165, 1.54) is 0 Å². The number of carbonyl (C=O) groups is 2. The zero-order chi connectivity index (χ0) is 11.0. The van der Waals surface area contributed by atoms with Gasteiger partial charge in [0.15, 0.2) is 5.92 Å². The molecule has 0 fully saturated rings. The zero-order valence-electron chi connectivity index (χ0n) is 8.23. The highest BCUT2D eigenvalue weighted by Crippen LogP contribution is 2.04. The standard InChI is InChI=1S/C9H16O5/c1-2-3-5-14-6-4-7(8(10)11)9(12)13/h7H,2-6H2,1H3,(H,10,11)(H,12,13). The molecule has 0 aromatic heterocycles. The Morgan fingerprint density at radius 2 is 1.79 bits per heavy atom. The van der Waals surface area contributed by atoms with Crippen LogP contribution in [0.15, 0.2) is 0 Å². The van der Waals surface area contributed by atoms with Crippen molar-refractivity contribution in [3.63, 3.8) is 0 Å². The molecule has 0 aromatic rings. The van der Waals surface area contributed by atoms with E-state index in [0.29, 0.717) is 6.61 Å². The first-order valence-electron chi connectivity index (χ1n) is 4.63. The fraction of sp³-hybridized carbons (Fsp3) is 0.778. The van der Waals surface area contributed by atoms with Crippen LogP contribution in [-0.4, -0.2) is 35.4 Å². The van der Waals surface area contributed by atoms with Gasteiger partial charge >= 0.3 is 11.9 Å². The van der Waals surface area contributed by atoms with Crippen molar-refractivity contribution in [3.05, 3.63) is 0 Å². The Labute approximate surface area is 82.7 Å². The van der Waals surface area contributed by atoms with Gasteiger partial charge in [-0.1, -0.05) is 13.3 Å². The molecule has 82 valence electrons. The third-order valence-corrected chi connectivity index (χ3v) is 1.79. The van der Waals surface area contributed by atoms with Crippen LogP contribution in [0.3, 0.4) is 0 Å². The second kappa shape index (κ2) is 7.32. The zero-order valence-corrected chi connectivity index (χ0v) is 8.23. The van der Waals surface area contributed by atoms with Crippen LogP contribution in [0.4, 0.5) is 0 Å². The molecular weight excluding hydrogens is 188 g/mol. The highest BCUT2D eigenvalue weighted by molar-refractivity contribution is 5.92. The molecule has 0 unspecified atom stereocenters. The maximum atomic E-state index is 10.4. The van der Waals surface area contributed by atoms with Gasteiger partial charge in [-0.15, -0.1) is 0 Å². The highest BCUT2D eigenvalue weighted by Gasteiger charge is 2.24. The molecule has 0 amide bonds. The van der Waals surface area contributed by atoms with Crippen LogP contribution < -0.4 is 0 Å². The van der Waals surface area contributed by atoms with Crippen molar-refractivity contribution in [2.24, 2.45) is 5.92 Å². The lowest BCUT2D eigenvalue weighted by Crippen LogP contribution is -2.24. The molecular formula is C9H16O5. The first-order chi connectivity index (χ1) is 6.59. The Hall–Kier alpha value is -1.10. The number of carboxylic acids is 2. The van der Waals surface area contributed by atoms with E-state index in [0.717, 1.165) is 12.8 Å². The summed E-state index contributed by atoms with van der Waals surface area (Å²) >= 11 is 0. The minimum Gasteiger partial charge on any atom is -0.481 e. The van der Waals surface area contributed by atoms with Crippen LogP contribution in [0.1, 0.15) is 26.2 Å². The first-order valence-corrected chi connectivity index (χ1v) is 4.63. The Kier molecular flexibility index (Phi) is 6.74. The van der Waals surface area contributed by atoms with Crippen LogP contribution in [0.25, 0.3) is 0 Å². The number of aliphatic carboxylic acids is 2. The van der Waals surface area contributed by atoms with Crippen molar-refractivity contribution in [2.75, 3.05) is 13.2 Å². The van der Waals surface area contributed by atoms with Crippen molar-refractivity contribution in [1.29, 1.82) is 0 Å². The lowest BCUT2D eigenvalue weighted by molar-refractivity contribution is -0.155. The molecule has 0 aliphatic heterocycles. The van der Waals surface area contributed by atoms with E-state index in [-0.39, 0.29) is 13.0 Å². The molecule has 5 heteroatoms. The minimum atomic E-state index is -1.35. The molecule has 0 bridgehead atoms. The lowest BCUT2D eigenvalue weighted by Gasteiger charge is -2.07. The molecule has 0 aromatic carbocycles. The van der Waals surface area contributed by atoms with E-state index in [1.54, 1.807) is 0 Å². The Morgan fingerprint density at radius 3 is 2.21 bits per heavy atom. The van der Waals surface area contributed by atoms with Gasteiger partial charge in [0.25, 0.3) is 0 Å². The Balaban J connectivity index is 3.62. The highest BCUT2D eigenvalue weighted by atomic mass is 16.5. The maximum Gasteiger partial charge on any atom is 0.317 e. The summed E-state index contributed by atoms with van der Waals surface area (Å²) in [5.41, 5.74) is 0. The van der Waals surface area contributed by atoms with E-state index < -0.39 is 17.9 Å². The molecule has 0 saturated carbocycles. The number of rotatable bonds is 8. The van der Waals surface area contributed by atoms with E-state index in [9.17, 15) is 9.59 Å². The average Bonchev–Trinajstić information content (AvgIpc) is 2.09. The van der Waals surface area contributed by atoms with E-state index in [2.05, 4.69) is 0 Å². The van der Waals surface area contributed by atoms with Crippen LogP contribution in [0.5, 0.6) is 0 Å². The van der Waals surface area contributed by atoms with Gasteiger partial charge in [-0.25, -0.2) is 0 Å². The number of unbranched alkanes of at least 4 members (excludes halogenated alkanes) is 1. The van der Waals surface area contributed by atoms with E-state index in [1.807, 2.05) is 6.92 Å². The van der Waals surface area contributed by atoms with Crippen molar-refractivity contribution in [3.8, 4) is 0 Å². The second-order valence-electron chi connectivity index (χ2n) is 2.98. The first kappa shape index (κ1) is 12.9. The van der Waals surface area contributed by atoms with Crippen molar-refractivity contribution >= 4 is 11.9 Å². The van der Waals surface area contributed by atoms with Crippen molar-refractivity contribution in [2.45, 2.75) is 26.2 Å². The quantitative estimate of drug-likeness (QED) is 0.454. The molecule has 0 aliphatic carbocycles. The summed E-state index contributed by atoms with van der Waals surface area (Å²) < 4.78 is 5.08. The molecule has 0 atom stereocenters. The number of carboxylic acid groups (broad SMARTS) is 2. The summed E-state index contributed by atoms with van der Waals surface area (Å²) in [7, 11) is 0. The number of hydrogen-bond acceptors (Lipinski definition) is 3. The van der Waals surface area contributed by atoms with Gasteiger partial charge in [-0.05, 0) is 12.8 Å². The van der Waals surface area contributed by atoms with Gasteiger partial charge in [-0.2, -0.15) is 0 Å². The third-order valence-electron chi connectivity index (χ3n) is 1.79. The summed E-state index contributed by atoms with van der Waals surface area (Å²) in [6.07, 6.45) is 1.93. The van der Waals surface area contributed by atoms with Gasteiger partial charge in [0.2, 0.25) is 0 Å². The Bertz CT molecular complexity index is 176. The lowest BCUT2D eigenvalue weighted by atomic mass is 10.1. The summed E-state index contributed by atoms with van der Waals surface area (Å²) in [6, 6.07) is 0. The second-order valence-corrected chi connectivity index (χ2v) is 2.98. The van der Waals surface area contributed by atoms with Crippen LogP contribution in [0, 0.1) is 5.92 Å². The third kappa shape index (κ3) is 5.53. The molecule has 0 aliphatic rings. The fourth-order valence-electron chi connectivity index (χ4n) is 0.902. The van der Waals surface area contributed by atoms with Crippen molar-refractivity contribution < 1.29 is 24.5 Å². The molecule has 14 heavy (non-hydrogen) atoms. The molecule has 0 rings (SSSR count). The van der Waals surface area contributed by atoms with Crippen molar-refractivity contribution in [1.82, 2.24) is 0 Å². The summed E-state index contributed by atoms with van der Waals surface area (Å²) in [6.45, 7) is 2.76. The average molecular weight is 204 g/mol. The summed E-state index contributed by atoms with van der Waals surface area (Å²) in [5.74, 6) is -3.97. The van der Waals surface area contributed by atoms with Gasteiger partial charge in [-0.3, -0.25) is 9.59 Å². The molecule has 0 radical (unpaired) electrons. The minimum absolute atomic E-state index is 0.0222. The molecule has 5 nitrogen and oxygen atoms in total. The van der Waals surface area contributed by atoms with E-state index >= 15 is 0 Å². The number of ether oxygens (including phenoxy) is 1. The predicted octanol–water partition coefficient (Wildman–Crippen LogP) is 0.979. The van der Waals surface area contributed by atoms with Gasteiger partial charge < -0.3 is 14.9 Å². The summed E-state index contributed by atoms with van der Waals surface area (Å²) in [5, 5.41) is 17.0. The Morgan fingerprint density at radius 1 is 1.21 bits per heavy atom. The summed E-state index contributed by atoms with van der Waals surface area (Å²) in [4.78, 5) is 20.8. The van der Waals surface area contributed by atoms with Crippen LogP contribution in [0.2, 0.25) is 0 Å². The molecule has 0 spiro atoms. The van der Waals surface area contributed by atoms with Gasteiger partial charge in [0.05, 0.1) is 0 Å². The largest absolute Gasteiger partial charge is 0.481 e.